The van der Waals surface area contributed by atoms with Gasteiger partial charge in [0.05, 0.1) is 25.5 Å². The van der Waals surface area contributed by atoms with Crippen LogP contribution in [0, 0.1) is 5.82 Å². The van der Waals surface area contributed by atoms with Gasteiger partial charge in [-0.25, -0.2) is 14.0 Å². The molecule has 1 aliphatic heterocycles. The molecule has 11 nitrogen and oxygen atoms in total. The number of aldehydes is 1. The first-order chi connectivity index (χ1) is 16.6. The monoisotopic (exact) mass is 663 g/mol. The number of H-pyrrole nitrogens is 1. The molecule has 1 aliphatic rings. The van der Waals surface area contributed by atoms with E-state index in [0.717, 1.165) is 10.8 Å². The Morgan fingerprint density at radius 1 is 1.36 bits per heavy atom. The number of hydrogen-bond acceptors (Lipinski definition) is 8. The molecule has 0 spiro atoms. The molecule has 0 aliphatic carbocycles. The van der Waals surface area contributed by atoms with Crippen LogP contribution in [0.1, 0.15) is 39.8 Å². The van der Waals surface area contributed by atoms with Crippen molar-refractivity contribution >= 4 is 44.9 Å². The number of nitrogens with one attached hydrogen (secondary N) is 1. The molecule has 0 bridgehead atoms. The third-order valence-electron chi connectivity index (χ3n) is 6.39. The van der Waals surface area contributed by atoms with Crippen LogP contribution in [0.3, 0.4) is 0 Å². The highest BCUT2D eigenvalue weighted by Gasteiger charge is 2.46. The van der Waals surface area contributed by atoms with E-state index < -0.39 is 51.6 Å². The van der Waals surface area contributed by atoms with E-state index in [2.05, 4.69) is 56.5 Å². The minimum absolute atomic E-state index is 0.0607. The maximum atomic E-state index is 14.0. The number of aromatic nitrogens is 2. The normalized spacial score (nSPS) is 22.6. The lowest BCUT2D eigenvalue weighted by molar-refractivity contribution is -0.108. The smallest absolute Gasteiger partial charge is 0.408 e. The Kier molecular flexibility index (Phi) is 11.3. The highest BCUT2D eigenvalue weighted by atomic mass is 127. The lowest BCUT2D eigenvalue weighted by atomic mass is 10.2. The van der Waals surface area contributed by atoms with Gasteiger partial charge in [-0.05, 0) is 25.2 Å². The number of hydrogen-bond donors (Lipinski definition) is 1. The molecule has 1 aromatic heterocycles. The summed E-state index contributed by atoms with van der Waals surface area (Å²) in [6.45, 7) is 10.5. The fraction of sp³-hybridized carbons (Fsp3) is 0.762. The van der Waals surface area contributed by atoms with E-state index in [4.69, 9.17) is 18.2 Å². The first-order valence-electron chi connectivity index (χ1n) is 11.6. The minimum Gasteiger partial charge on any atom is -0.411 e. The van der Waals surface area contributed by atoms with Crippen molar-refractivity contribution in [3.8, 4) is 0 Å². The van der Waals surface area contributed by atoms with Crippen LogP contribution in [0.5, 0.6) is 0 Å². The summed E-state index contributed by atoms with van der Waals surface area (Å²) in [7, 11) is -4.48. The highest BCUT2D eigenvalue weighted by molar-refractivity contribution is 14.1. The third kappa shape index (κ3) is 7.88. The zero-order valence-electron chi connectivity index (χ0n) is 21.5. The predicted octanol–water partition coefficient (Wildman–Crippen LogP) is 3.45. The van der Waals surface area contributed by atoms with E-state index in [9.17, 15) is 23.3 Å². The van der Waals surface area contributed by atoms with E-state index in [1.165, 1.54) is 4.67 Å². The van der Waals surface area contributed by atoms with Gasteiger partial charge in [-0.2, -0.15) is 4.39 Å². The van der Waals surface area contributed by atoms with Gasteiger partial charge in [-0.3, -0.25) is 23.4 Å². The highest BCUT2D eigenvalue weighted by Crippen LogP contribution is 2.52. The maximum absolute atomic E-state index is 14.0. The van der Waals surface area contributed by atoms with Crippen molar-refractivity contribution in [2.24, 2.45) is 0 Å². The van der Waals surface area contributed by atoms with Crippen molar-refractivity contribution in [1.29, 1.82) is 0 Å². The molecule has 1 N–H and O–H groups in total. The standard InChI is InChI=1S/C21H36FIN3O8PSi/c1-21(2,3)36(5,6)34-16-12-18(26-13-15(22)19(28)24-20(26)29)33-17(16)14-32-35(30,25(4)9-8-23)31-11-7-10-27/h10,13,16-18H,7-9,11-12,14H2,1-6H3,(H,24,28,29)/t16-,17+,18+,35?/m0/s1. The van der Waals surface area contributed by atoms with E-state index in [1.807, 2.05) is 4.98 Å². The van der Waals surface area contributed by atoms with Gasteiger partial charge < -0.3 is 14.0 Å². The molecule has 0 saturated carbocycles. The fourth-order valence-corrected chi connectivity index (χ4v) is 7.19. The van der Waals surface area contributed by atoms with Crippen molar-refractivity contribution in [3.05, 3.63) is 32.9 Å². The fourth-order valence-electron chi connectivity index (χ4n) is 3.24. The summed E-state index contributed by atoms with van der Waals surface area (Å²) in [6.07, 6.45) is -0.540. The maximum Gasteiger partial charge on any atom is 0.408 e. The van der Waals surface area contributed by atoms with Gasteiger partial charge >= 0.3 is 13.4 Å². The molecule has 1 fully saturated rings. The molecule has 0 aromatic carbocycles. The summed E-state index contributed by atoms with van der Waals surface area (Å²) < 4.78 is 54.4. The van der Waals surface area contributed by atoms with E-state index in [-0.39, 0.29) is 31.1 Å². The number of rotatable bonds is 13. The van der Waals surface area contributed by atoms with Crippen molar-refractivity contribution in [2.75, 3.05) is 31.2 Å². The molecular formula is C21H36FIN3O8PSi. The number of aromatic amines is 1. The SMILES string of the molecule is CN(CCI)P(=O)(OCCC=O)OC[C@H]1O[C@@H](n2cc(F)c(=O)[nH]c2=O)C[C@@H]1O[Si](C)(C)C(C)(C)C. The number of carbonyl (C=O) groups is 1. The second-order valence-corrected chi connectivity index (χ2v) is 18.0. The lowest BCUT2D eigenvalue weighted by Gasteiger charge is -2.39. The first-order valence-corrected chi connectivity index (χ1v) is 17.5. The van der Waals surface area contributed by atoms with Gasteiger partial charge in [0.25, 0.3) is 5.56 Å². The summed E-state index contributed by atoms with van der Waals surface area (Å²) in [5.74, 6) is -1.12. The summed E-state index contributed by atoms with van der Waals surface area (Å²) >= 11 is 2.14. The third-order valence-corrected chi connectivity index (χ3v) is 13.4. The topological polar surface area (TPSA) is 129 Å². The average Bonchev–Trinajstić information content (AvgIpc) is 3.16. The average molecular weight is 663 g/mol. The number of ether oxygens (including phenoxy) is 1. The Labute approximate surface area is 224 Å². The molecule has 1 unspecified atom stereocenters. The van der Waals surface area contributed by atoms with E-state index in [1.54, 1.807) is 7.05 Å². The van der Waals surface area contributed by atoms with Gasteiger partial charge in [0, 0.05) is 23.8 Å². The molecule has 0 amide bonds. The number of carbonyl (C=O) groups excluding carboxylic acids is 1. The van der Waals surface area contributed by atoms with Crippen LogP contribution >= 0.6 is 30.3 Å². The minimum atomic E-state index is -3.77. The number of halogens is 2. The Hall–Kier alpha value is -0.743. The van der Waals surface area contributed by atoms with Gasteiger partial charge in [-0.1, -0.05) is 43.4 Å². The molecule has 206 valence electrons. The zero-order chi connectivity index (χ0) is 27.3. The van der Waals surface area contributed by atoms with Crippen molar-refractivity contribution in [3.63, 3.8) is 0 Å². The van der Waals surface area contributed by atoms with Gasteiger partial charge in [0.2, 0.25) is 5.82 Å². The van der Waals surface area contributed by atoms with Crippen LogP contribution in [-0.4, -0.2) is 72.3 Å². The summed E-state index contributed by atoms with van der Waals surface area (Å²) in [5.41, 5.74) is -1.93. The predicted molar refractivity (Wildman–Crippen MR) is 144 cm³/mol. The molecule has 1 aromatic rings. The van der Waals surface area contributed by atoms with Crippen LogP contribution in [-0.2, 0) is 27.6 Å². The lowest BCUT2D eigenvalue weighted by Crippen LogP contribution is -2.46. The summed E-state index contributed by atoms with van der Waals surface area (Å²) in [4.78, 5) is 36.5. The molecule has 2 heterocycles. The van der Waals surface area contributed by atoms with Crippen molar-refractivity contribution in [1.82, 2.24) is 14.2 Å². The summed E-state index contributed by atoms with van der Waals surface area (Å²) in [6, 6.07) is 0. The Morgan fingerprint density at radius 3 is 2.61 bits per heavy atom. The second kappa shape index (κ2) is 12.9. The van der Waals surface area contributed by atoms with Crippen LogP contribution in [0.15, 0.2) is 15.8 Å². The summed E-state index contributed by atoms with van der Waals surface area (Å²) in [5, 5.41) is -0.134. The Bertz CT molecular complexity index is 1060. The number of nitrogens with zero attached hydrogens (tertiary/aromatic N) is 2. The first kappa shape index (κ1) is 31.5. The molecule has 0 radical (unpaired) electrons. The Balaban J connectivity index is 2.33. The van der Waals surface area contributed by atoms with Crippen LogP contribution in [0.25, 0.3) is 0 Å². The largest absolute Gasteiger partial charge is 0.411 e. The van der Waals surface area contributed by atoms with E-state index in [0.29, 0.717) is 17.3 Å². The van der Waals surface area contributed by atoms with Crippen LogP contribution in [0.4, 0.5) is 4.39 Å². The van der Waals surface area contributed by atoms with Gasteiger partial charge in [-0.15, -0.1) is 0 Å². The van der Waals surface area contributed by atoms with Crippen LogP contribution in [0.2, 0.25) is 18.1 Å². The quantitative estimate of drug-likeness (QED) is 0.0843. The molecular weight excluding hydrogens is 627 g/mol. The zero-order valence-corrected chi connectivity index (χ0v) is 25.5. The number of alkyl halides is 1. The van der Waals surface area contributed by atoms with Crippen molar-refractivity contribution < 1.29 is 32.0 Å². The molecule has 15 heteroatoms. The van der Waals surface area contributed by atoms with Crippen LogP contribution < -0.4 is 11.2 Å². The Morgan fingerprint density at radius 2 is 2.03 bits per heavy atom. The van der Waals surface area contributed by atoms with Gasteiger partial charge in [0.1, 0.15) is 18.6 Å². The van der Waals surface area contributed by atoms with Gasteiger partial charge in [0.15, 0.2) is 8.32 Å². The second-order valence-electron chi connectivity index (χ2n) is 10.0. The molecule has 36 heavy (non-hydrogen) atoms. The molecule has 2 rings (SSSR count). The van der Waals surface area contributed by atoms with Crippen molar-refractivity contribution in [2.45, 2.75) is 70.2 Å². The van der Waals surface area contributed by atoms with E-state index >= 15 is 0 Å². The molecule has 1 saturated heterocycles. The molecule has 4 atom stereocenters.